The van der Waals surface area contributed by atoms with Gasteiger partial charge in [0.25, 0.3) is 10.0 Å². The van der Waals surface area contributed by atoms with Crippen molar-refractivity contribution in [3.63, 3.8) is 0 Å². The van der Waals surface area contributed by atoms with E-state index in [1.165, 1.54) is 30.3 Å². The lowest BCUT2D eigenvalue weighted by atomic mass is 10.3. The minimum Gasteiger partial charge on any atom is -0.262 e. The summed E-state index contributed by atoms with van der Waals surface area (Å²) in [5, 5.41) is 1.69. The fraction of sp³-hybridized carbons (Fsp3) is 0.0769. The lowest BCUT2D eigenvalue weighted by Gasteiger charge is -2.22. The summed E-state index contributed by atoms with van der Waals surface area (Å²) in [6.07, 6.45) is 1.47. The van der Waals surface area contributed by atoms with Crippen LogP contribution in [0.25, 0.3) is 0 Å². The number of thiophene rings is 1. The maximum absolute atomic E-state index is 13.3. The molecule has 0 bridgehead atoms. The van der Waals surface area contributed by atoms with Gasteiger partial charge in [0.05, 0.1) is 12.2 Å². The van der Waals surface area contributed by atoms with E-state index in [9.17, 15) is 12.8 Å². The fourth-order valence-electron chi connectivity index (χ4n) is 1.61. The van der Waals surface area contributed by atoms with Crippen molar-refractivity contribution in [3.8, 4) is 0 Å². The number of nitrogens with zero attached hydrogens (tertiary/aromatic N) is 1. The van der Waals surface area contributed by atoms with Gasteiger partial charge in [0, 0.05) is 0 Å². The molecule has 2 aromatic rings. The Hall–Kier alpha value is -1.66. The molecule has 0 N–H and O–H groups in total. The van der Waals surface area contributed by atoms with Crippen LogP contribution in [0.3, 0.4) is 0 Å². The van der Waals surface area contributed by atoms with Crippen molar-refractivity contribution in [2.24, 2.45) is 0 Å². The van der Waals surface area contributed by atoms with Crippen LogP contribution in [0.1, 0.15) is 0 Å². The molecule has 0 atom stereocenters. The third kappa shape index (κ3) is 2.85. The molecule has 0 unspecified atom stereocenters. The van der Waals surface area contributed by atoms with Gasteiger partial charge in [-0.3, -0.25) is 4.31 Å². The van der Waals surface area contributed by atoms with E-state index in [1.54, 1.807) is 17.5 Å². The molecule has 0 fully saturated rings. The summed E-state index contributed by atoms with van der Waals surface area (Å²) in [5.74, 6) is -0.479. The van der Waals surface area contributed by atoms with Gasteiger partial charge < -0.3 is 0 Å². The van der Waals surface area contributed by atoms with Crippen LogP contribution in [0.2, 0.25) is 0 Å². The van der Waals surface area contributed by atoms with Crippen LogP contribution in [-0.2, 0) is 10.0 Å². The monoisotopic (exact) mass is 297 g/mol. The van der Waals surface area contributed by atoms with Crippen LogP contribution < -0.4 is 4.31 Å². The van der Waals surface area contributed by atoms with Gasteiger partial charge in [0.15, 0.2) is 0 Å². The number of sulfonamides is 1. The van der Waals surface area contributed by atoms with Gasteiger partial charge in [-0.25, -0.2) is 12.8 Å². The number of anilines is 1. The maximum atomic E-state index is 13.3. The van der Waals surface area contributed by atoms with Gasteiger partial charge in [-0.1, -0.05) is 18.2 Å². The summed E-state index contributed by atoms with van der Waals surface area (Å²) in [6, 6.07) is 8.68. The second-order valence-corrected chi connectivity index (χ2v) is 6.77. The molecule has 0 radical (unpaired) electrons. The minimum atomic E-state index is -3.68. The highest BCUT2D eigenvalue weighted by Gasteiger charge is 2.25. The zero-order valence-corrected chi connectivity index (χ0v) is 11.6. The Labute approximate surface area is 115 Å². The first-order valence-electron chi connectivity index (χ1n) is 5.48. The molecular weight excluding hydrogens is 285 g/mol. The van der Waals surface area contributed by atoms with E-state index in [0.29, 0.717) is 0 Å². The number of hydrogen-bond donors (Lipinski definition) is 0. The van der Waals surface area contributed by atoms with Crippen LogP contribution in [0.4, 0.5) is 10.1 Å². The van der Waals surface area contributed by atoms with E-state index in [4.69, 9.17) is 0 Å². The first-order chi connectivity index (χ1) is 9.05. The summed E-state index contributed by atoms with van der Waals surface area (Å²) in [5.41, 5.74) is 0.285. The number of rotatable bonds is 5. The SMILES string of the molecule is C=CCN(c1cccc(F)c1)S(=O)(=O)c1cccs1. The second kappa shape index (κ2) is 5.54. The van der Waals surface area contributed by atoms with Gasteiger partial charge in [0.1, 0.15) is 10.0 Å². The first kappa shape index (κ1) is 13.8. The molecule has 19 heavy (non-hydrogen) atoms. The Balaban J connectivity index is 2.49. The maximum Gasteiger partial charge on any atom is 0.274 e. The average Bonchev–Trinajstić information content (AvgIpc) is 2.90. The topological polar surface area (TPSA) is 37.4 Å². The molecule has 0 saturated carbocycles. The van der Waals surface area contributed by atoms with Crippen LogP contribution >= 0.6 is 11.3 Å². The van der Waals surface area contributed by atoms with Crippen LogP contribution in [0.5, 0.6) is 0 Å². The number of hydrogen-bond acceptors (Lipinski definition) is 3. The highest BCUT2D eigenvalue weighted by molar-refractivity contribution is 7.94. The first-order valence-corrected chi connectivity index (χ1v) is 7.80. The van der Waals surface area contributed by atoms with Crippen molar-refractivity contribution in [1.82, 2.24) is 0 Å². The molecule has 100 valence electrons. The zero-order valence-electron chi connectivity index (χ0n) is 9.99. The highest BCUT2D eigenvalue weighted by atomic mass is 32.2. The third-order valence-corrected chi connectivity index (χ3v) is 5.60. The van der Waals surface area contributed by atoms with Crippen molar-refractivity contribution in [2.45, 2.75) is 4.21 Å². The standard InChI is InChI=1S/C13H12FNO2S2/c1-2-8-15(12-6-3-5-11(14)10-12)19(16,17)13-7-4-9-18-13/h2-7,9-10H,1,8H2. The molecule has 0 aliphatic carbocycles. The van der Waals surface area contributed by atoms with Crippen LogP contribution in [-0.4, -0.2) is 15.0 Å². The Morgan fingerprint density at radius 1 is 1.32 bits per heavy atom. The minimum absolute atomic E-state index is 0.0870. The molecule has 0 amide bonds. The quantitative estimate of drug-likeness (QED) is 0.794. The second-order valence-electron chi connectivity index (χ2n) is 3.74. The van der Waals surface area contributed by atoms with Crippen molar-refractivity contribution in [3.05, 3.63) is 60.3 Å². The molecule has 0 aliphatic heterocycles. The average molecular weight is 297 g/mol. The predicted molar refractivity (Wildman–Crippen MR) is 75.4 cm³/mol. The summed E-state index contributed by atoms with van der Waals surface area (Å²) >= 11 is 1.13. The normalized spacial score (nSPS) is 11.2. The lowest BCUT2D eigenvalue weighted by molar-refractivity contribution is 0.594. The molecule has 0 spiro atoms. The number of halogens is 1. The largest absolute Gasteiger partial charge is 0.274 e. The summed E-state index contributed by atoms with van der Waals surface area (Å²) < 4.78 is 39.5. The van der Waals surface area contributed by atoms with Crippen molar-refractivity contribution >= 4 is 27.0 Å². The highest BCUT2D eigenvalue weighted by Crippen LogP contribution is 2.26. The van der Waals surface area contributed by atoms with E-state index >= 15 is 0 Å². The van der Waals surface area contributed by atoms with Gasteiger partial charge in [0.2, 0.25) is 0 Å². The van der Waals surface area contributed by atoms with Crippen LogP contribution in [0.15, 0.2) is 58.6 Å². The van der Waals surface area contributed by atoms with E-state index < -0.39 is 15.8 Å². The molecule has 0 saturated heterocycles. The molecular formula is C13H12FNO2S2. The van der Waals surface area contributed by atoms with Crippen molar-refractivity contribution < 1.29 is 12.8 Å². The van der Waals surface area contributed by atoms with E-state index in [1.807, 2.05) is 0 Å². The van der Waals surface area contributed by atoms with E-state index in [0.717, 1.165) is 15.6 Å². The lowest BCUT2D eigenvalue weighted by Crippen LogP contribution is -2.30. The summed E-state index contributed by atoms with van der Waals surface area (Å²) in [4.78, 5) is 0. The summed E-state index contributed by atoms with van der Waals surface area (Å²) in [7, 11) is -3.68. The Kier molecular flexibility index (Phi) is 4.01. The van der Waals surface area contributed by atoms with Gasteiger partial charge in [-0.15, -0.1) is 17.9 Å². The Morgan fingerprint density at radius 2 is 2.11 bits per heavy atom. The molecule has 1 aromatic heterocycles. The molecule has 2 rings (SSSR count). The fourth-order valence-corrected chi connectivity index (χ4v) is 4.14. The van der Waals surface area contributed by atoms with Crippen LogP contribution in [0, 0.1) is 5.82 Å². The van der Waals surface area contributed by atoms with E-state index in [-0.39, 0.29) is 16.4 Å². The summed E-state index contributed by atoms with van der Waals surface area (Å²) in [6.45, 7) is 3.63. The third-order valence-electron chi connectivity index (χ3n) is 2.43. The van der Waals surface area contributed by atoms with Crippen molar-refractivity contribution in [1.29, 1.82) is 0 Å². The van der Waals surface area contributed by atoms with Crippen molar-refractivity contribution in [2.75, 3.05) is 10.8 Å². The molecule has 3 nitrogen and oxygen atoms in total. The molecule has 1 aromatic carbocycles. The van der Waals surface area contributed by atoms with E-state index in [2.05, 4.69) is 6.58 Å². The Bertz CT molecular complexity index is 666. The zero-order chi connectivity index (χ0) is 13.9. The molecule has 1 heterocycles. The number of benzene rings is 1. The Morgan fingerprint density at radius 3 is 2.68 bits per heavy atom. The van der Waals surface area contributed by atoms with Gasteiger partial charge in [-0.2, -0.15) is 0 Å². The predicted octanol–water partition coefficient (Wildman–Crippen LogP) is 3.27. The van der Waals surface area contributed by atoms with Gasteiger partial charge in [-0.05, 0) is 29.6 Å². The van der Waals surface area contributed by atoms with Gasteiger partial charge >= 0.3 is 0 Å². The molecule has 6 heteroatoms. The smallest absolute Gasteiger partial charge is 0.262 e. The molecule has 0 aliphatic rings.